The predicted octanol–water partition coefficient (Wildman–Crippen LogP) is 5.87. The van der Waals surface area contributed by atoms with Crippen LogP contribution in [0.15, 0.2) is 39.9 Å². The molecule has 0 fully saturated rings. The normalized spacial score (nSPS) is 14.3. The van der Waals surface area contributed by atoms with E-state index >= 15 is 0 Å². The number of halogens is 5. The first kappa shape index (κ1) is 16.8. The van der Waals surface area contributed by atoms with Crippen LogP contribution >= 0.6 is 27.5 Å². The van der Waals surface area contributed by atoms with Crippen LogP contribution in [0.3, 0.4) is 0 Å². The molecule has 1 rings (SSSR count). The minimum absolute atomic E-state index is 0.0536. The second-order valence-electron chi connectivity index (χ2n) is 4.06. The Kier molecular flexibility index (Phi) is 5.43. The molecular weight excluding hydrogens is 355 g/mol. The fourth-order valence-corrected chi connectivity index (χ4v) is 2.19. The highest BCUT2D eigenvalue weighted by molar-refractivity contribution is 9.12. The lowest BCUT2D eigenvalue weighted by Crippen LogP contribution is -2.11. The summed E-state index contributed by atoms with van der Waals surface area (Å²) in [5, 5.41) is 9.65. The summed E-state index contributed by atoms with van der Waals surface area (Å²) in [5.41, 5.74) is 0.182. The summed E-state index contributed by atoms with van der Waals surface area (Å²) in [6.07, 6.45) is -4.48. The molecule has 0 bridgehead atoms. The molecule has 0 radical (unpaired) electrons. The molecule has 0 heterocycles. The first-order valence-electron chi connectivity index (χ1n) is 5.49. The molecule has 0 saturated heterocycles. The molecular formula is C14H10BrClF3N. The van der Waals surface area contributed by atoms with Gasteiger partial charge in [-0.2, -0.15) is 18.4 Å². The molecule has 1 nitrogen and oxygen atoms in total. The van der Waals surface area contributed by atoms with Crippen molar-refractivity contribution in [2.75, 3.05) is 0 Å². The first-order chi connectivity index (χ1) is 9.18. The maximum absolute atomic E-state index is 12.7. The van der Waals surface area contributed by atoms with Gasteiger partial charge in [-0.25, -0.2) is 0 Å². The van der Waals surface area contributed by atoms with Crippen molar-refractivity contribution in [2.24, 2.45) is 0 Å². The Labute approximate surface area is 128 Å². The maximum Gasteiger partial charge on any atom is 0.413 e. The highest BCUT2D eigenvalue weighted by Crippen LogP contribution is 2.36. The molecule has 0 N–H and O–H groups in total. The molecule has 6 heteroatoms. The van der Waals surface area contributed by atoms with Crippen molar-refractivity contribution in [3.8, 4) is 6.07 Å². The van der Waals surface area contributed by atoms with E-state index in [9.17, 15) is 13.2 Å². The van der Waals surface area contributed by atoms with Crippen LogP contribution in [0.5, 0.6) is 0 Å². The summed E-state index contributed by atoms with van der Waals surface area (Å²) in [6, 6.07) is 8.34. The van der Waals surface area contributed by atoms with Crippen molar-refractivity contribution in [3.05, 3.63) is 50.5 Å². The zero-order valence-electron chi connectivity index (χ0n) is 10.6. The number of alkyl halides is 3. The minimum atomic E-state index is -4.48. The van der Waals surface area contributed by atoms with Gasteiger partial charge in [0.25, 0.3) is 0 Å². The predicted molar refractivity (Wildman–Crippen MR) is 77.3 cm³/mol. The molecule has 0 aliphatic heterocycles. The quantitative estimate of drug-likeness (QED) is 0.476. The van der Waals surface area contributed by atoms with Crippen LogP contribution in [0.25, 0.3) is 5.57 Å². The fourth-order valence-electron chi connectivity index (χ4n) is 1.45. The van der Waals surface area contributed by atoms with E-state index in [4.69, 9.17) is 16.9 Å². The standard InChI is InChI=1S/C14H10BrClF3N/c1-8(10-3-5-11(16)6-4-10)12(7-20)13(15)9(2)14(17,18)19/h3-6H,1-2H3/b12-8+,13-9-. The van der Waals surface area contributed by atoms with Gasteiger partial charge >= 0.3 is 6.18 Å². The van der Waals surface area contributed by atoms with Crippen molar-refractivity contribution in [2.45, 2.75) is 20.0 Å². The van der Waals surface area contributed by atoms with Crippen molar-refractivity contribution < 1.29 is 13.2 Å². The second kappa shape index (κ2) is 6.47. The molecule has 0 saturated carbocycles. The number of hydrogen-bond acceptors (Lipinski definition) is 1. The summed E-state index contributed by atoms with van der Waals surface area (Å²) in [7, 11) is 0. The third kappa shape index (κ3) is 3.87. The number of hydrogen-bond donors (Lipinski definition) is 0. The summed E-state index contributed by atoms with van der Waals surface area (Å²) in [4.78, 5) is 0. The van der Waals surface area contributed by atoms with Crippen LogP contribution in [-0.4, -0.2) is 6.18 Å². The Morgan fingerprint density at radius 1 is 1.20 bits per heavy atom. The summed E-state index contributed by atoms with van der Waals surface area (Å²) in [6.45, 7) is 2.52. The van der Waals surface area contributed by atoms with Crippen molar-refractivity contribution in [1.82, 2.24) is 0 Å². The zero-order chi connectivity index (χ0) is 15.5. The molecule has 1 aromatic carbocycles. The van der Waals surface area contributed by atoms with Gasteiger partial charge < -0.3 is 0 Å². The van der Waals surface area contributed by atoms with Gasteiger partial charge in [0.2, 0.25) is 0 Å². The molecule has 0 aliphatic rings. The van der Waals surface area contributed by atoms with Gasteiger partial charge in [-0.05, 0) is 53.0 Å². The van der Waals surface area contributed by atoms with E-state index in [0.29, 0.717) is 16.2 Å². The topological polar surface area (TPSA) is 23.8 Å². The van der Waals surface area contributed by atoms with E-state index in [1.54, 1.807) is 31.2 Å². The molecule has 0 aliphatic carbocycles. The lowest BCUT2D eigenvalue weighted by atomic mass is 10.0. The van der Waals surface area contributed by atoms with Crippen LogP contribution in [-0.2, 0) is 0 Å². The molecule has 0 aromatic heterocycles. The Balaban J connectivity index is 3.42. The number of nitrogens with zero attached hydrogens (tertiary/aromatic N) is 1. The average molecular weight is 365 g/mol. The summed E-state index contributed by atoms with van der Waals surface area (Å²) < 4.78 is 37.8. The lowest BCUT2D eigenvalue weighted by molar-refractivity contribution is -0.0915. The minimum Gasteiger partial charge on any atom is -0.192 e. The molecule has 20 heavy (non-hydrogen) atoms. The Bertz CT molecular complexity index is 607. The van der Waals surface area contributed by atoms with Gasteiger partial charge in [0.1, 0.15) is 6.07 Å². The monoisotopic (exact) mass is 363 g/mol. The van der Waals surface area contributed by atoms with E-state index in [1.807, 2.05) is 6.07 Å². The lowest BCUT2D eigenvalue weighted by Gasteiger charge is -2.12. The first-order valence-corrected chi connectivity index (χ1v) is 6.66. The Morgan fingerprint density at radius 2 is 1.70 bits per heavy atom. The van der Waals surface area contributed by atoms with E-state index in [-0.39, 0.29) is 10.1 Å². The molecule has 0 unspecified atom stereocenters. The highest BCUT2D eigenvalue weighted by Gasteiger charge is 2.33. The third-order valence-electron chi connectivity index (χ3n) is 2.74. The van der Waals surface area contributed by atoms with Gasteiger partial charge in [-0.3, -0.25) is 0 Å². The number of nitriles is 1. The molecule has 0 amide bonds. The van der Waals surface area contributed by atoms with Gasteiger partial charge in [0.15, 0.2) is 0 Å². The van der Waals surface area contributed by atoms with Crippen LogP contribution in [0.2, 0.25) is 5.02 Å². The Morgan fingerprint density at radius 3 is 2.10 bits per heavy atom. The van der Waals surface area contributed by atoms with Gasteiger partial charge in [-0.15, -0.1) is 0 Å². The van der Waals surface area contributed by atoms with E-state index in [2.05, 4.69) is 15.9 Å². The summed E-state index contributed by atoms with van der Waals surface area (Å²) >= 11 is 8.63. The maximum atomic E-state index is 12.7. The zero-order valence-corrected chi connectivity index (χ0v) is 13.0. The second-order valence-corrected chi connectivity index (χ2v) is 5.28. The van der Waals surface area contributed by atoms with E-state index < -0.39 is 11.7 Å². The number of benzene rings is 1. The van der Waals surface area contributed by atoms with Crippen LogP contribution in [0.1, 0.15) is 19.4 Å². The van der Waals surface area contributed by atoms with Crippen molar-refractivity contribution in [3.63, 3.8) is 0 Å². The Hall–Kier alpha value is -1.25. The number of rotatable bonds is 2. The van der Waals surface area contributed by atoms with Crippen LogP contribution < -0.4 is 0 Å². The van der Waals surface area contributed by atoms with Crippen LogP contribution in [0.4, 0.5) is 13.2 Å². The average Bonchev–Trinajstić information content (AvgIpc) is 2.38. The third-order valence-corrected chi connectivity index (χ3v) is 3.98. The van der Waals surface area contributed by atoms with Crippen molar-refractivity contribution >= 4 is 33.1 Å². The molecule has 0 atom stereocenters. The number of allylic oxidation sites excluding steroid dienone is 4. The molecule has 106 valence electrons. The van der Waals surface area contributed by atoms with Gasteiger partial charge in [0.05, 0.1) is 5.57 Å². The van der Waals surface area contributed by atoms with Gasteiger partial charge in [-0.1, -0.05) is 23.7 Å². The SMILES string of the molecule is C/C(=C(Br)\C(C#N)=C(/C)c1ccc(Cl)cc1)C(F)(F)F. The summed E-state index contributed by atoms with van der Waals surface area (Å²) in [5.74, 6) is 0. The molecule has 0 spiro atoms. The van der Waals surface area contributed by atoms with Crippen molar-refractivity contribution in [1.29, 1.82) is 5.26 Å². The highest BCUT2D eigenvalue weighted by atomic mass is 79.9. The van der Waals surface area contributed by atoms with E-state index in [0.717, 1.165) is 6.92 Å². The van der Waals surface area contributed by atoms with E-state index in [1.165, 1.54) is 0 Å². The molecule has 1 aromatic rings. The van der Waals surface area contributed by atoms with Gasteiger partial charge in [0, 0.05) is 15.1 Å². The fraction of sp³-hybridized carbons (Fsp3) is 0.214. The largest absolute Gasteiger partial charge is 0.413 e. The van der Waals surface area contributed by atoms with Crippen LogP contribution in [0, 0.1) is 11.3 Å². The smallest absolute Gasteiger partial charge is 0.192 e.